The molecule has 160 valence electrons. The normalized spacial score (nSPS) is 12.2. The third kappa shape index (κ3) is 7.94. The van der Waals surface area contributed by atoms with Gasteiger partial charge in [0.1, 0.15) is 0 Å². The van der Waals surface area contributed by atoms with Gasteiger partial charge < -0.3 is 29.7 Å². The van der Waals surface area contributed by atoms with E-state index in [-0.39, 0.29) is 5.41 Å². The minimum absolute atomic E-state index is 0.103. The molecule has 0 saturated heterocycles. The van der Waals surface area contributed by atoms with Crippen LogP contribution >= 0.6 is 0 Å². The number of methoxy groups -OCH3 is 3. The molecular weight excluding hydrogens is 356 g/mol. The van der Waals surface area contributed by atoms with E-state index < -0.39 is 0 Å². The molecule has 0 amide bonds. The smallest absolute Gasteiger partial charge is 0.191 e. The first-order valence-electron chi connectivity index (χ1n) is 9.72. The molecule has 0 atom stereocenters. The zero-order chi connectivity index (χ0) is 21.0. The SMILES string of the molecule is CN=C(NCCN(C)CCCOC)NCC(C)(C)c1ccc(OC)c(OC)c1. The van der Waals surface area contributed by atoms with Crippen LogP contribution in [0.25, 0.3) is 0 Å². The van der Waals surface area contributed by atoms with Gasteiger partial charge in [-0.2, -0.15) is 0 Å². The number of nitrogens with one attached hydrogen (secondary N) is 2. The minimum Gasteiger partial charge on any atom is -0.493 e. The first-order valence-corrected chi connectivity index (χ1v) is 9.72. The van der Waals surface area contributed by atoms with Crippen LogP contribution in [0.3, 0.4) is 0 Å². The van der Waals surface area contributed by atoms with E-state index in [9.17, 15) is 0 Å². The number of aliphatic imine (C=N–C) groups is 1. The highest BCUT2D eigenvalue weighted by atomic mass is 16.5. The highest BCUT2D eigenvalue weighted by Crippen LogP contribution is 2.32. The fourth-order valence-corrected chi connectivity index (χ4v) is 2.84. The topological polar surface area (TPSA) is 67.4 Å². The van der Waals surface area contributed by atoms with Crippen LogP contribution in [0.15, 0.2) is 23.2 Å². The van der Waals surface area contributed by atoms with Crippen LogP contribution in [0.4, 0.5) is 0 Å². The Morgan fingerprint density at radius 2 is 1.79 bits per heavy atom. The van der Waals surface area contributed by atoms with E-state index in [2.05, 4.69) is 47.5 Å². The van der Waals surface area contributed by atoms with Gasteiger partial charge in [-0.05, 0) is 31.2 Å². The van der Waals surface area contributed by atoms with Crippen LogP contribution in [0.5, 0.6) is 11.5 Å². The summed E-state index contributed by atoms with van der Waals surface area (Å²) in [5, 5.41) is 6.81. The Kier molecular flexibility index (Phi) is 10.7. The molecule has 0 bridgehead atoms. The Labute approximate surface area is 170 Å². The monoisotopic (exact) mass is 394 g/mol. The predicted octanol–water partition coefficient (Wildman–Crippen LogP) is 2.11. The van der Waals surface area contributed by atoms with E-state index in [4.69, 9.17) is 14.2 Å². The molecule has 0 aliphatic carbocycles. The summed E-state index contributed by atoms with van der Waals surface area (Å²) in [4.78, 5) is 6.61. The number of benzene rings is 1. The largest absolute Gasteiger partial charge is 0.493 e. The highest BCUT2D eigenvalue weighted by Gasteiger charge is 2.22. The summed E-state index contributed by atoms with van der Waals surface area (Å²) < 4.78 is 15.9. The van der Waals surface area contributed by atoms with E-state index in [0.29, 0.717) is 0 Å². The summed E-state index contributed by atoms with van der Waals surface area (Å²) in [5.74, 6) is 2.29. The molecule has 7 heteroatoms. The van der Waals surface area contributed by atoms with Crippen molar-refractivity contribution in [2.75, 3.05) is 68.2 Å². The predicted molar refractivity (Wildman–Crippen MR) is 116 cm³/mol. The number of guanidine groups is 1. The van der Waals surface area contributed by atoms with Gasteiger partial charge in [-0.15, -0.1) is 0 Å². The van der Waals surface area contributed by atoms with Crippen LogP contribution in [-0.2, 0) is 10.2 Å². The average Bonchev–Trinajstić information content (AvgIpc) is 2.70. The van der Waals surface area contributed by atoms with E-state index >= 15 is 0 Å². The molecule has 28 heavy (non-hydrogen) atoms. The standard InChI is InChI=1S/C21H38N4O3/c1-21(2,17-9-10-18(27-6)19(15-17)28-7)16-24-20(22-3)23-11-13-25(4)12-8-14-26-5/h9-10,15H,8,11-14,16H2,1-7H3,(H2,22,23,24). The second-order valence-electron chi connectivity index (χ2n) is 7.46. The van der Waals surface area contributed by atoms with Crippen molar-refractivity contribution in [3.05, 3.63) is 23.8 Å². The van der Waals surface area contributed by atoms with Crippen molar-refractivity contribution in [3.63, 3.8) is 0 Å². The van der Waals surface area contributed by atoms with Crippen LogP contribution in [0, 0.1) is 0 Å². The third-order valence-electron chi connectivity index (χ3n) is 4.76. The summed E-state index contributed by atoms with van der Waals surface area (Å²) in [6, 6.07) is 6.06. The molecule has 0 radical (unpaired) electrons. The summed E-state index contributed by atoms with van der Waals surface area (Å²) in [6.45, 7) is 8.73. The van der Waals surface area contributed by atoms with Crippen LogP contribution in [0.1, 0.15) is 25.8 Å². The fraction of sp³-hybridized carbons (Fsp3) is 0.667. The molecule has 1 aromatic rings. The lowest BCUT2D eigenvalue weighted by Gasteiger charge is -2.27. The molecule has 1 aromatic carbocycles. The average molecular weight is 395 g/mol. The molecular formula is C21H38N4O3. The molecule has 7 nitrogen and oxygen atoms in total. The van der Waals surface area contributed by atoms with Crippen molar-refractivity contribution in [2.24, 2.45) is 4.99 Å². The fourth-order valence-electron chi connectivity index (χ4n) is 2.84. The molecule has 0 fully saturated rings. The van der Waals surface area contributed by atoms with Crippen LogP contribution < -0.4 is 20.1 Å². The number of hydrogen-bond donors (Lipinski definition) is 2. The zero-order valence-corrected chi connectivity index (χ0v) is 18.6. The van der Waals surface area contributed by atoms with Gasteiger partial charge in [0, 0.05) is 52.4 Å². The first kappa shape index (κ1) is 24.0. The Bertz CT molecular complexity index is 605. The molecule has 0 saturated carbocycles. The molecule has 0 heterocycles. The maximum absolute atomic E-state index is 5.44. The number of likely N-dealkylation sites (N-methyl/N-ethyl adjacent to an activating group) is 1. The van der Waals surface area contributed by atoms with Gasteiger partial charge in [0.2, 0.25) is 0 Å². The zero-order valence-electron chi connectivity index (χ0n) is 18.6. The van der Waals surface area contributed by atoms with Crippen molar-refractivity contribution in [2.45, 2.75) is 25.7 Å². The molecule has 1 rings (SSSR count). The van der Waals surface area contributed by atoms with E-state index in [1.54, 1.807) is 28.4 Å². The summed E-state index contributed by atoms with van der Waals surface area (Å²) in [7, 11) is 8.95. The minimum atomic E-state index is -0.103. The summed E-state index contributed by atoms with van der Waals surface area (Å²) in [6.07, 6.45) is 1.04. The first-order chi connectivity index (χ1) is 13.4. The molecule has 0 aromatic heterocycles. The van der Waals surface area contributed by atoms with Crippen LogP contribution in [-0.4, -0.2) is 79.1 Å². The second-order valence-corrected chi connectivity index (χ2v) is 7.46. The maximum atomic E-state index is 5.44. The van der Waals surface area contributed by atoms with E-state index in [0.717, 1.165) is 56.7 Å². The molecule has 0 unspecified atom stereocenters. The van der Waals surface area contributed by atoms with Crippen molar-refractivity contribution < 1.29 is 14.2 Å². The van der Waals surface area contributed by atoms with Gasteiger partial charge >= 0.3 is 0 Å². The Hall–Kier alpha value is -1.99. The lowest BCUT2D eigenvalue weighted by molar-refractivity contribution is 0.180. The van der Waals surface area contributed by atoms with Crippen molar-refractivity contribution in [1.29, 1.82) is 0 Å². The van der Waals surface area contributed by atoms with E-state index in [1.165, 1.54) is 5.56 Å². The Balaban J connectivity index is 2.53. The van der Waals surface area contributed by atoms with Gasteiger partial charge in [0.05, 0.1) is 14.2 Å². The highest BCUT2D eigenvalue weighted by molar-refractivity contribution is 5.79. The lowest BCUT2D eigenvalue weighted by atomic mass is 9.84. The Morgan fingerprint density at radius 3 is 2.39 bits per heavy atom. The summed E-state index contributed by atoms with van der Waals surface area (Å²) in [5.41, 5.74) is 1.07. The molecule has 2 N–H and O–H groups in total. The van der Waals surface area contributed by atoms with Gasteiger partial charge in [-0.3, -0.25) is 4.99 Å². The van der Waals surface area contributed by atoms with E-state index in [1.807, 2.05) is 12.1 Å². The Morgan fingerprint density at radius 1 is 1.07 bits per heavy atom. The van der Waals surface area contributed by atoms with Crippen molar-refractivity contribution in [1.82, 2.24) is 15.5 Å². The van der Waals surface area contributed by atoms with Gasteiger partial charge in [0.15, 0.2) is 17.5 Å². The van der Waals surface area contributed by atoms with Crippen molar-refractivity contribution >= 4 is 5.96 Å². The summed E-state index contributed by atoms with van der Waals surface area (Å²) >= 11 is 0. The molecule has 0 aliphatic heterocycles. The molecule has 0 spiro atoms. The number of hydrogen-bond acceptors (Lipinski definition) is 5. The van der Waals surface area contributed by atoms with Gasteiger partial charge in [0.25, 0.3) is 0 Å². The number of nitrogens with zero attached hydrogens (tertiary/aromatic N) is 2. The molecule has 0 aliphatic rings. The van der Waals surface area contributed by atoms with Crippen molar-refractivity contribution in [3.8, 4) is 11.5 Å². The van der Waals surface area contributed by atoms with Gasteiger partial charge in [-0.25, -0.2) is 0 Å². The second kappa shape index (κ2) is 12.5. The van der Waals surface area contributed by atoms with Gasteiger partial charge in [-0.1, -0.05) is 19.9 Å². The quantitative estimate of drug-likeness (QED) is 0.322. The maximum Gasteiger partial charge on any atom is 0.191 e. The number of rotatable bonds is 12. The number of ether oxygens (including phenoxy) is 3. The van der Waals surface area contributed by atoms with Crippen LogP contribution in [0.2, 0.25) is 0 Å². The lowest BCUT2D eigenvalue weighted by Crippen LogP contribution is -2.45. The third-order valence-corrected chi connectivity index (χ3v) is 4.76.